The first-order chi connectivity index (χ1) is 9.27. The van der Waals surface area contributed by atoms with Crippen LogP contribution in [-0.4, -0.2) is 35.7 Å². The molecule has 0 aromatic rings. The summed E-state index contributed by atoms with van der Waals surface area (Å²) in [5.74, 6) is 0.594. The summed E-state index contributed by atoms with van der Waals surface area (Å²) in [4.78, 5) is 2.54. The smallest absolute Gasteiger partial charge is 0.0695 e. The second kappa shape index (κ2) is 6.13. The highest BCUT2D eigenvalue weighted by molar-refractivity contribution is 4.90. The van der Waals surface area contributed by atoms with Gasteiger partial charge in [0.25, 0.3) is 0 Å². The van der Waals surface area contributed by atoms with Crippen molar-refractivity contribution in [2.75, 3.05) is 19.6 Å². The summed E-state index contributed by atoms with van der Waals surface area (Å²) in [6.45, 7) is 3.42. The molecule has 0 amide bonds. The lowest BCUT2D eigenvalue weighted by Gasteiger charge is -2.41. The molecule has 0 aromatic heterocycles. The van der Waals surface area contributed by atoms with Gasteiger partial charge >= 0.3 is 0 Å². The van der Waals surface area contributed by atoms with Crippen molar-refractivity contribution in [2.24, 2.45) is 11.3 Å². The number of β-amino-alcohol motifs (C(OH)–C–C–N with tert-alkyl or cyclic N) is 1. The maximum Gasteiger partial charge on any atom is 0.0695 e. The second-order valence-corrected chi connectivity index (χ2v) is 7.47. The minimum atomic E-state index is -0.0575. The Morgan fingerprint density at radius 2 is 1.53 bits per heavy atom. The fraction of sp³-hybridized carbons (Fsp3) is 1.00. The summed E-state index contributed by atoms with van der Waals surface area (Å²) < 4.78 is 0. The fourth-order valence-electron chi connectivity index (χ4n) is 4.77. The number of rotatable bonds is 3. The molecule has 3 rings (SSSR count). The molecule has 1 N–H and O–H groups in total. The number of aliphatic hydroxyl groups excluding tert-OH is 1. The van der Waals surface area contributed by atoms with E-state index in [1.807, 2.05) is 0 Å². The Bertz CT molecular complexity index is 269. The minimum Gasteiger partial charge on any atom is -0.392 e. The van der Waals surface area contributed by atoms with Gasteiger partial charge in [-0.2, -0.15) is 0 Å². The minimum absolute atomic E-state index is 0.0575. The van der Waals surface area contributed by atoms with E-state index >= 15 is 0 Å². The van der Waals surface area contributed by atoms with Crippen LogP contribution in [0.3, 0.4) is 0 Å². The number of piperidine rings is 1. The third-order valence-electron chi connectivity index (χ3n) is 6.22. The van der Waals surface area contributed by atoms with Gasteiger partial charge in [-0.25, -0.2) is 0 Å². The molecule has 1 aliphatic heterocycles. The average molecular weight is 265 g/mol. The van der Waals surface area contributed by atoms with Crippen LogP contribution < -0.4 is 0 Å². The standard InChI is InChI=1S/C17H31NO/c19-16(15-6-2-1-3-7-15)14-18-12-10-17(11-13-18)8-4-5-9-17/h15-16,19H,1-14H2. The molecule has 3 fully saturated rings. The lowest BCUT2D eigenvalue weighted by atomic mass is 9.77. The molecule has 19 heavy (non-hydrogen) atoms. The Kier molecular flexibility index (Phi) is 4.48. The van der Waals surface area contributed by atoms with Crippen LogP contribution in [0.5, 0.6) is 0 Å². The molecule has 0 aromatic carbocycles. The number of aliphatic hydroxyl groups is 1. The predicted octanol–water partition coefficient (Wildman–Crippen LogP) is 3.58. The van der Waals surface area contributed by atoms with Crippen LogP contribution in [0.4, 0.5) is 0 Å². The second-order valence-electron chi connectivity index (χ2n) is 7.47. The van der Waals surface area contributed by atoms with Crippen molar-refractivity contribution >= 4 is 0 Å². The Balaban J connectivity index is 1.43. The monoisotopic (exact) mass is 265 g/mol. The average Bonchev–Trinajstić information content (AvgIpc) is 2.91. The van der Waals surface area contributed by atoms with Crippen LogP contribution in [-0.2, 0) is 0 Å². The first-order valence-corrected chi connectivity index (χ1v) is 8.68. The molecule has 1 spiro atoms. The summed E-state index contributed by atoms with van der Waals surface area (Å²) in [7, 11) is 0. The van der Waals surface area contributed by atoms with Crippen molar-refractivity contribution in [1.29, 1.82) is 0 Å². The zero-order valence-electron chi connectivity index (χ0n) is 12.4. The van der Waals surface area contributed by atoms with E-state index in [0.29, 0.717) is 11.3 Å². The van der Waals surface area contributed by atoms with Crippen LogP contribution in [0.15, 0.2) is 0 Å². The van der Waals surface area contributed by atoms with Gasteiger partial charge in [0.1, 0.15) is 0 Å². The van der Waals surface area contributed by atoms with Crippen molar-refractivity contribution in [1.82, 2.24) is 4.90 Å². The highest BCUT2D eigenvalue weighted by atomic mass is 16.3. The van der Waals surface area contributed by atoms with E-state index < -0.39 is 0 Å². The van der Waals surface area contributed by atoms with E-state index in [9.17, 15) is 5.11 Å². The van der Waals surface area contributed by atoms with Crippen LogP contribution in [0, 0.1) is 11.3 Å². The number of hydrogen-bond donors (Lipinski definition) is 1. The van der Waals surface area contributed by atoms with Gasteiger partial charge < -0.3 is 10.0 Å². The third-order valence-corrected chi connectivity index (χ3v) is 6.22. The molecular weight excluding hydrogens is 234 g/mol. The zero-order chi connectivity index (χ0) is 13.1. The van der Waals surface area contributed by atoms with E-state index in [1.54, 1.807) is 0 Å². The number of nitrogens with zero attached hydrogens (tertiary/aromatic N) is 1. The van der Waals surface area contributed by atoms with Gasteiger partial charge in [-0.1, -0.05) is 32.1 Å². The van der Waals surface area contributed by atoms with Crippen molar-refractivity contribution in [3.63, 3.8) is 0 Å². The number of likely N-dealkylation sites (tertiary alicyclic amines) is 1. The van der Waals surface area contributed by atoms with Crippen LogP contribution in [0.25, 0.3) is 0 Å². The first kappa shape index (κ1) is 13.9. The maximum absolute atomic E-state index is 10.4. The number of hydrogen-bond acceptors (Lipinski definition) is 2. The SMILES string of the molecule is OC(CN1CCC2(CCCC2)CC1)C1CCCCC1. The summed E-state index contributed by atoms with van der Waals surface area (Å²) in [6, 6.07) is 0. The Morgan fingerprint density at radius 3 is 2.16 bits per heavy atom. The summed E-state index contributed by atoms with van der Waals surface area (Å²) in [5.41, 5.74) is 0.715. The summed E-state index contributed by atoms with van der Waals surface area (Å²) in [6.07, 6.45) is 15.2. The van der Waals surface area contributed by atoms with Gasteiger partial charge in [-0.3, -0.25) is 0 Å². The summed E-state index contributed by atoms with van der Waals surface area (Å²) >= 11 is 0. The molecule has 1 atom stereocenters. The van der Waals surface area contributed by atoms with Crippen LogP contribution in [0.1, 0.15) is 70.6 Å². The lowest BCUT2D eigenvalue weighted by Crippen LogP contribution is -2.44. The molecule has 2 nitrogen and oxygen atoms in total. The Hall–Kier alpha value is -0.0800. The molecule has 1 unspecified atom stereocenters. The summed E-state index contributed by atoms with van der Waals surface area (Å²) in [5, 5.41) is 10.4. The van der Waals surface area contributed by atoms with Crippen molar-refractivity contribution < 1.29 is 5.11 Å². The lowest BCUT2D eigenvalue weighted by molar-refractivity contribution is 0.0227. The Morgan fingerprint density at radius 1 is 0.895 bits per heavy atom. The van der Waals surface area contributed by atoms with E-state index in [1.165, 1.54) is 83.7 Å². The van der Waals surface area contributed by atoms with Crippen LogP contribution >= 0.6 is 0 Å². The quantitative estimate of drug-likeness (QED) is 0.843. The molecule has 0 bridgehead atoms. The van der Waals surface area contributed by atoms with Crippen molar-refractivity contribution in [2.45, 2.75) is 76.7 Å². The van der Waals surface area contributed by atoms with E-state index in [-0.39, 0.29) is 6.10 Å². The molecule has 0 radical (unpaired) electrons. The topological polar surface area (TPSA) is 23.5 Å². The van der Waals surface area contributed by atoms with Gasteiger partial charge in [0.15, 0.2) is 0 Å². The van der Waals surface area contributed by atoms with E-state index in [2.05, 4.69) is 4.90 Å². The molecule has 3 aliphatic rings. The van der Waals surface area contributed by atoms with E-state index in [4.69, 9.17) is 0 Å². The highest BCUT2D eigenvalue weighted by Crippen LogP contribution is 2.46. The molecule has 2 aliphatic carbocycles. The van der Waals surface area contributed by atoms with Gasteiger partial charge in [-0.15, -0.1) is 0 Å². The molecule has 2 heteroatoms. The highest BCUT2D eigenvalue weighted by Gasteiger charge is 2.37. The van der Waals surface area contributed by atoms with Gasteiger partial charge in [0.2, 0.25) is 0 Å². The van der Waals surface area contributed by atoms with Gasteiger partial charge in [0.05, 0.1) is 6.10 Å². The van der Waals surface area contributed by atoms with Crippen molar-refractivity contribution in [3.8, 4) is 0 Å². The molecule has 110 valence electrons. The first-order valence-electron chi connectivity index (χ1n) is 8.68. The maximum atomic E-state index is 10.4. The molecule has 1 saturated heterocycles. The normalized spacial score (nSPS) is 30.8. The van der Waals surface area contributed by atoms with Gasteiger partial charge in [0, 0.05) is 6.54 Å². The zero-order valence-corrected chi connectivity index (χ0v) is 12.4. The van der Waals surface area contributed by atoms with Crippen molar-refractivity contribution in [3.05, 3.63) is 0 Å². The molecule has 2 saturated carbocycles. The van der Waals surface area contributed by atoms with Gasteiger partial charge in [-0.05, 0) is 62.9 Å². The van der Waals surface area contributed by atoms with E-state index in [0.717, 1.165) is 6.54 Å². The third kappa shape index (κ3) is 3.33. The largest absolute Gasteiger partial charge is 0.392 e. The molecule has 1 heterocycles. The fourth-order valence-corrected chi connectivity index (χ4v) is 4.77. The molecular formula is C17H31NO. The predicted molar refractivity (Wildman–Crippen MR) is 79.2 cm³/mol. The van der Waals surface area contributed by atoms with Crippen LogP contribution in [0.2, 0.25) is 0 Å². The Labute approximate surface area is 118 Å².